The van der Waals surface area contributed by atoms with Gasteiger partial charge in [0.15, 0.2) is 11.5 Å². The molecule has 1 heterocycles. The number of halogens is 2. The first-order chi connectivity index (χ1) is 13.4. The van der Waals surface area contributed by atoms with Crippen LogP contribution >= 0.6 is 27.5 Å². The molecule has 28 heavy (non-hydrogen) atoms. The smallest absolute Gasteiger partial charge is 0.337 e. The lowest BCUT2D eigenvalue weighted by Crippen LogP contribution is -2.41. The maximum Gasteiger partial charge on any atom is 0.337 e. The van der Waals surface area contributed by atoms with E-state index in [2.05, 4.69) is 21.2 Å². The first-order valence-electron chi connectivity index (χ1n) is 8.70. The van der Waals surface area contributed by atoms with Crippen LogP contribution in [0.3, 0.4) is 0 Å². The third kappa shape index (κ3) is 3.69. The molecule has 0 aliphatic carbocycles. The van der Waals surface area contributed by atoms with E-state index in [4.69, 9.17) is 26.2 Å². The molecule has 0 aromatic heterocycles. The Labute approximate surface area is 177 Å². The molecule has 2 aromatic carbocycles. The molecule has 148 valence electrons. The average molecular weight is 467 g/mol. The molecule has 0 fully saturated rings. The van der Waals surface area contributed by atoms with E-state index < -0.39 is 0 Å². The van der Waals surface area contributed by atoms with Crippen molar-refractivity contribution in [3.63, 3.8) is 0 Å². The van der Waals surface area contributed by atoms with Crippen LogP contribution in [-0.4, -0.2) is 44.1 Å². The van der Waals surface area contributed by atoms with E-state index in [1.807, 2.05) is 37.3 Å². The fourth-order valence-electron chi connectivity index (χ4n) is 3.22. The molecule has 0 radical (unpaired) electrons. The first kappa shape index (κ1) is 20.5. The van der Waals surface area contributed by atoms with Gasteiger partial charge in [0.05, 0.1) is 31.0 Å². The number of carbonyl (C=O) groups excluding carboxylic acids is 1. The number of methoxy groups -OCH3 is 2. The van der Waals surface area contributed by atoms with E-state index in [0.29, 0.717) is 28.7 Å². The maximum absolute atomic E-state index is 12.5. The van der Waals surface area contributed by atoms with Gasteiger partial charge in [0.25, 0.3) is 0 Å². The van der Waals surface area contributed by atoms with Gasteiger partial charge >= 0.3 is 6.03 Å². The Morgan fingerprint density at radius 3 is 2.54 bits per heavy atom. The van der Waals surface area contributed by atoms with Gasteiger partial charge in [-0.25, -0.2) is 9.80 Å². The molecular formula is C20H21BrClN3O3. The SMILES string of the molecule is CNC(=O)N1N=C(c2ccc(Br)cc2)c2cc(OC)c(OC)c(Cl)c2CC1C. The molecule has 0 saturated heterocycles. The Morgan fingerprint density at radius 1 is 1.29 bits per heavy atom. The van der Waals surface area contributed by atoms with Gasteiger partial charge in [-0.3, -0.25) is 0 Å². The van der Waals surface area contributed by atoms with E-state index in [1.165, 1.54) is 5.01 Å². The molecule has 2 amide bonds. The zero-order chi connectivity index (χ0) is 20.4. The minimum absolute atomic E-state index is 0.206. The summed E-state index contributed by atoms with van der Waals surface area (Å²) in [5.74, 6) is 0.982. The monoisotopic (exact) mass is 465 g/mol. The minimum Gasteiger partial charge on any atom is -0.493 e. The van der Waals surface area contributed by atoms with Crippen molar-refractivity contribution in [1.82, 2.24) is 10.3 Å². The van der Waals surface area contributed by atoms with E-state index in [-0.39, 0.29) is 12.1 Å². The molecule has 1 atom stereocenters. The van der Waals surface area contributed by atoms with E-state index in [1.54, 1.807) is 21.3 Å². The van der Waals surface area contributed by atoms with Crippen LogP contribution in [0.4, 0.5) is 4.79 Å². The predicted octanol–water partition coefficient (Wildman–Crippen LogP) is 4.46. The van der Waals surface area contributed by atoms with Gasteiger partial charge in [0.1, 0.15) is 0 Å². The molecule has 1 aliphatic rings. The molecule has 1 aliphatic heterocycles. The van der Waals surface area contributed by atoms with E-state index in [0.717, 1.165) is 21.2 Å². The van der Waals surface area contributed by atoms with Crippen molar-refractivity contribution in [2.75, 3.05) is 21.3 Å². The highest BCUT2D eigenvalue weighted by Crippen LogP contribution is 2.42. The molecule has 0 spiro atoms. The Hall–Kier alpha value is -2.25. The third-order valence-electron chi connectivity index (χ3n) is 4.63. The minimum atomic E-state index is -0.287. The Kier molecular flexibility index (Phi) is 6.15. The number of hydrogen-bond acceptors (Lipinski definition) is 4. The molecule has 8 heteroatoms. The third-order valence-corrected chi connectivity index (χ3v) is 5.56. The zero-order valence-corrected chi connectivity index (χ0v) is 18.4. The average Bonchev–Trinajstić information content (AvgIpc) is 2.84. The van der Waals surface area contributed by atoms with Crippen LogP contribution in [0, 0.1) is 0 Å². The Bertz CT molecular complexity index is 931. The summed E-state index contributed by atoms with van der Waals surface area (Å²) in [6, 6.07) is 9.11. The van der Waals surface area contributed by atoms with Crippen molar-refractivity contribution < 1.29 is 14.3 Å². The van der Waals surface area contributed by atoms with Crippen LogP contribution in [0.5, 0.6) is 11.5 Å². The lowest BCUT2D eigenvalue weighted by molar-refractivity contribution is 0.184. The van der Waals surface area contributed by atoms with Gasteiger partial charge in [-0.2, -0.15) is 5.10 Å². The fraction of sp³-hybridized carbons (Fsp3) is 0.300. The predicted molar refractivity (Wildman–Crippen MR) is 114 cm³/mol. The lowest BCUT2D eigenvalue weighted by Gasteiger charge is -2.23. The molecular weight excluding hydrogens is 446 g/mol. The number of fused-ring (bicyclic) bond motifs is 1. The van der Waals surface area contributed by atoms with Crippen LogP contribution in [-0.2, 0) is 6.42 Å². The van der Waals surface area contributed by atoms with Crippen molar-refractivity contribution >= 4 is 39.3 Å². The van der Waals surface area contributed by atoms with Gasteiger partial charge in [-0.05, 0) is 37.1 Å². The van der Waals surface area contributed by atoms with Crippen molar-refractivity contribution in [2.24, 2.45) is 5.10 Å². The largest absolute Gasteiger partial charge is 0.493 e. The topological polar surface area (TPSA) is 63.2 Å². The number of ether oxygens (including phenoxy) is 2. The van der Waals surface area contributed by atoms with Gasteiger partial charge in [0, 0.05) is 22.6 Å². The summed E-state index contributed by atoms with van der Waals surface area (Å²) in [6.45, 7) is 1.93. The van der Waals surface area contributed by atoms with Crippen molar-refractivity contribution in [3.05, 3.63) is 56.5 Å². The summed E-state index contributed by atoms with van der Waals surface area (Å²) < 4.78 is 11.9. The molecule has 3 rings (SSSR count). The Balaban J connectivity index is 2.30. The lowest BCUT2D eigenvalue weighted by atomic mass is 9.94. The van der Waals surface area contributed by atoms with Crippen LogP contribution in [0.15, 0.2) is 39.9 Å². The number of urea groups is 1. The van der Waals surface area contributed by atoms with E-state index in [9.17, 15) is 4.79 Å². The summed E-state index contributed by atoms with van der Waals surface area (Å²) in [4.78, 5) is 12.5. The highest BCUT2D eigenvalue weighted by Gasteiger charge is 2.30. The second kappa shape index (κ2) is 8.41. The second-order valence-electron chi connectivity index (χ2n) is 6.36. The number of nitrogens with zero attached hydrogens (tertiary/aromatic N) is 2. The highest BCUT2D eigenvalue weighted by molar-refractivity contribution is 9.10. The molecule has 0 bridgehead atoms. The second-order valence-corrected chi connectivity index (χ2v) is 7.65. The molecule has 1 unspecified atom stereocenters. The number of carbonyl (C=O) groups is 1. The van der Waals surface area contributed by atoms with Crippen molar-refractivity contribution in [3.8, 4) is 11.5 Å². The standard InChI is InChI=1S/C20H21BrClN3O3/c1-11-9-14-15(10-16(27-3)19(28-4)17(14)22)18(24-25(11)20(26)23-2)12-5-7-13(21)8-6-12/h5-8,10-11H,9H2,1-4H3,(H,23,26). The van der Waals surface area contributed by atoms with Crippen LogP contribution in [0.1, 0.15) is 23.6 Å². The number of rotatable bonds is 3. The van der Waals surface area contributed by atoms with Crippen LogP contribution in [0.25, 0.3) is 0 Å². The fourth-order valence-corrected chi connectivity index (χ4v) is 3.84. The summed E-state index contributed by atoms with van der Waals surface area (Å²) in [5.41, 5.74) is 3.16. The van der Waals surface area contributed by atoms with Crippen LogP contribution in [0.2, 0.25) is 5.02 Å². The summed E-state index contributed by atoms with van der Waals surface area (Å²) >= 11 is 10.2. The zero-order valence-electron chi connectivity index (χ0n) is 16.0. The van der Waals surface area contributed by atoms with Gasteiger partial charge < -0.3 is 14.8 Å². The number of amides is 2. The van der Waals surface area contributed by atoms with E-state index >= 15 is 0 Å². The normalized spacial score (nSPS) is 16.0. The summed E-state index contributed by atoms with van der Waals surface area (Å²) in [5, 5.41) is 9.27. The van der Waals surface area contributed by atoms with Gasteiger partial charge in [0.2, 0.25) is 0 Å². The van der Waals surface area contributed by atoms with Crippen molar-refractivity contribution in [2.45, 2.75) is 19.4 Å². The maximum atomic E-state index is 12.5. The summed E-state index contributed by atoms with van der Waals surface area (Å²) in [6.07, 6.45) is 0.519. The number of nitrogens with one attached hydrogen (secondary N) is 1. The number of hydrogen-bond donors (Lipinski definition) is 1. The number of hydrazone groups is 1. The number of benzene rings is 2. The Morgan fingerprint density at radius 2 is 1.96 bits per heavy atom. The van der Waals surface area contributed by atoms with Crippen molar-refractivity contribution in [1.29, 1.82) is 0 Å². The molecule has 2 aromatic rings. The van der Waals surface area contributed by atoms with Crippen LogP contribution < -0.4 is 14.8 Å². The first-order valence-corrected chi connectivity index (χ1v) is 9.87. The van der Waals surface area contributed by atoms with Gasteiger partial charge in [-0.15, -0.1) is 0 Å². The molecule has 6 nitrogen and oxygen atoms in total. The molecule has 1 N–H and O–H groups in total. The highest BCUT2D eigenvalue weighted by atomic mass is 79.9. The quantitative estimate of drug-likeness (QED) is 0.726. The molecule has 0 saturated carbocycles. The summed E-state index contributed by atoms with van der Waals surface area (Å²) in [7, 11) is 4.70. The van der Waals surface area contributed by atoms with Gasteiger partial charge in [-0.1, -0.05) is 39.7 Å².